The minimum Gasteiger partial charge on any atom is -0.320 e. The van der Waals surface area contributed by atoms with Gasteiger partial charge in [-0.15, -0.1) is 0 Å². The number of amides is 2. The van der Waals surface area contributed by atoms with Gasteiger partial charge in [0.2, 0.25) is 0 Å². The van der Waals surface area contributed by atoms with Gasteiger partial charge in [-0.2, -0.15) is 0 Å². The van der Waals surface area contributed by atoms with Crippen molar-refractivity contribution < 1.29 is 9.18 Å². The maximum atomic E-state index is 13.2. The fourth-order valence-electron chi connectivity index (χ4n) is 5.55. The number of hydrogen-bond donors (Lipinski definition) is 1. The number of carbonyl (C=O) groups is 1. The fourth-order valence-corrected chi connectivity index (χ4v) is 5.55. The molecule has 2 heterocycles. The standard InChI is InChI=1S/C30H34FN3O/c31-27-10-12-28(13-11-27)32-30(35)34-21-25-8-4-5-9-29(25)26(22-34)16-19-33-17-14-24(15-18-33)20-23-6-2-1-3-7-23/h1-13,24,26H,14-22H2,(H,32,35). The lowest BCUT2D eigenvalue weighted by atomic mass is 9.86. The lowest BCUT2D eigenvalue weighted by molar-refractivity contribution is 0.168. The first-order chi connectivity index (χ1) is 17.1. The Morgan fingerprint density at radius 1 is 0.914 bits per heavy atom. The Hall–Kier alpha value is -3.18. The average molecular weight is 472 g/mol. The fraction of sp³-hybridized carbons (Fsp3) is 0.367. The third-order valence-electron chi connectivity index (χ3n) is 7.55. The number of likely N-dealkylation sites (tertiary alicyclic amines) is 1. The van der Waals surface area contributed by atoms with Gasteiger partial charge in [-0.25, -0.2) is 9.18 Å². The summed E-state index contributed by atoms with van der Waals surface area (Å²) < 4.78 is 13.2. The third kappa shape index (κ3) is 6.09. The van der Waals surface area contributed by atoms with E-state index in [1.807, 2.05) is 4.90 Å². The predicted molar refractivity (Wildman–Crippen MR) is 139 cm³/mol. The smallest absolute Gasteiger partial charge is 0.320 e. The summed E-state index contributed by atoms with van der Waals surface area (Å²) in [6, 6.07) is 25.2. The van der Waals surface area contributed by atoms with E-state index in [1.165, 1.54) is 48.1 Å². The number of fused-ring (bicyclic) bond motifs is 1. The molecule has 1 saturated heterocycles. The summed E-state index contributed by atoms with van der Waals surface area (Å²) in [4.78, 5) is 17.5. The first-order valence-corrected chi connectivity index (χ1v) is 12.8. The van der Waals surface area contributed by atoms with E-state index in [-0.39, 0.29) is 11.8 Å². The van der Waals surface area contributed by atoms with Crippen molar-refractivity contribution >= 4 is 11.7 Å². The maximum absolute atomic E-state index is 13.2. The second-order valence-corrected chi connectivity index (χ2v) is 9.98. The van der Waals surface area contributed by atoms with Gasteiger partial charge in [0, 0.05) is 24.7 Å². The molecule has 2 aliphatic heterocycles. The first-order valence-electron chi connectivity index (χ1n) is 12.8. The van der Waals surface area contributed by atoms with Crippen molar-refractivity contribution in [2.75, 3.05) is 31.5 Å². The molecule has 35 heavy (non-hydrogen) atoms. The minimum absolute atomic E-state index is 0.127. The van der Waals surface area contributed by atoms with Crippen LogP contribution in [0.2, 0.25) is 0 Å². The molecule has 3 aromatic rings. The van der Waals surface area contributed by atoms with Gasteiger partial charge in [-0.3, -0.25) is 0 Å². The van der Waals surface area contributed by atoms with Crippen LogP contribution in [0.5, 0.6) is 0 Å². The zero-order valence-corrected chi connectivity index (χ0v) is 20.2. The zero-order valence-electron chi connectivity index (χ0n) is 20.2. The second-order valence-electron chi connectivity index (χ2n) is 9.98. The van der Waals surface area contributed by atoms with Crippen LogP contribution in [0.25, 0.3) is 0 Å². The lowest BCUT2D eigenvalue weighted by Gasteiger charge is -2.37. The highest BCUT2D eigenvalue weighted by atomic mass is 19.1. The van der Waals surface area contributed by atoms with E-state index in [2.05, 4.69) is 64.8 Å². The molecule has 0 aliphatic carbocycles. The number of nitrogens with zero attached hydrogens (tertiary/aromatic N) is 2. The molecule has 0 spiro atoms. The molecule has 0 radical (unpaired) electrons. The molecule has 5 rings (SSSR count). The van der Waals surface area contributed by atoms with Crippen molar-refractivity contribution in [1.82, 2.24) is 9.80 Å². The van der Waals surface area contributed by atoms with Crippen LogP contribution >= 0.6 is 0 Å². The first kappa shape index (κ1) is 23.6. The molecule has 3 aromatic carbocycles. The van der Waals surface area contributed by atoms with Crippen LogP contribution in [0.15, 0.2) is 78.9 Å². The Bertz CT molecular complexity index is 1110. The lowest BCUT2D eigenvalue weighted by Crippen LogP contribution is -2.42. The normalized spacial score (nSPS) is 18.8. The number of nitrogens with one attached hydrogen (secondary N) is 1. The molecule has 1 N–H and O–H groups in total. The van der Waals surface area contributed by atoms with Crippen LogP contribution < -0.4 is 5.32 Å². The summed E-state index contributed by atoms with van der Waals surface area (Å²) in [7, 11) is 0. The Labute approximate surface area is 207 Å². The highest BCUT2D eigenvalue weighted by Gasteiger charge is 2.29. The molecular weight excluding hydrogens is 437 g/mol. The Balaban J connectivity index is 1.16. The van der Waals surface area contributed by atoms with Gasteiger partial charge in [0.25, 0.3) is 0 Å². The van der Waals surface area contributed by atoms with Crippen LogP contribution in [-0.4, -0.2) is 42.0 Å². The third-order valence-corrected chi connectivity index (χ3v) is 7.55. The summed E-state index contributed by atoms with van der Waals surface area (Å²) in [5, 5.41) is 2.93. The number of hydrogen-bond acceptors (Lipinski definition) is 2. The zero-order chi connectivity index (χ0) is 24.0. The van der Waals surface area contributed by atoms with E-state index in [9.17, 15) is 9.18 Å². The molecule has 2 aliphatic rings. The number of anilines is 1. The molecule has 1 atom stereocenters. The summed E-state index contributed by atoms with van der Waals surface area (Å²) in [6.45, 7) is 4.67. The minimum atomic E-state index is -0.306. The van der Waals surface area contributed by atoms with Gasteiger partial charge < -0.3 is 15.1 Å². The quantitative estimate of drug-likeness (QED) is 0.458. The molecule has 0 aromatic heterocycles. The number of rotatable bonds is 6. The topological polar surface area (TPSA) is 35.6 Å². The highest BCUT2D eigenvalue weighted by molar-refractivity contribution is 5.89. The number of benzene rings is 3. The van der Waals surface area contributed by atoms with Gasteiger partial charge in [0.1, 0.15) is 5.82 Å². The van der Waals surface area contributed by atoms with Crippen molar-refractivity contribution in [2.45, 2.75) is 38.1 Å². The molecule has 0 saturated carbocycles. The molecule has 5 heteroatoms. The van der Waals surface area contributed by atoms with Gasteiger partial charge >= 0.3 is 6.03 Å². The van der Waals surface area contributed by atoms with E-state index in [4.69, 9.17) is 0 Å². The maximum Gasteiger partial charge on any atom is 0.322 e. The largest absolute Gasteiger partial charge is 0.322 e. The summed E-state index contributed by atoms with van der Waals surface area (Å²) in [5.41, 5.74) is 4.66. The van der Waals surface area contributed by atoms with E-state index >= 15 is 0 Å². The summed E-state index contributed by atoms with van der Waals surface area (Å²) in [5.74, 6) is 0.787. The van der Waals surface area contributed by atoms with E-state index in [1.54, 1.807) is 12.1 Å². The summed E-state index contributed by atoms with van der Waals surface area (Å²) >= 11 is 0. The van der Waals surface area contributed by atoms with E-state index < -0.39 is 0 Å². The van der Waals surface area contributed by atoms with Crippen molar-refractivity contribution in [3.05, 3.63) is 101 Å². The van der Waals surface area contributed by atoms with E-state index in [0.29, 0.717) is 24.7 Å². The number of piperidine rings is 1. The van der Waals surface area contributed by atoms with Gasteiger partial charge in [0.15, 0.2) is 0 Å². The van der Waals surface area contributed by atoms with Crippen LogP contribution in [0, 0.1) is 11.7 Å². The molecule has 182 valence electrons. The molecule has 1 unspecified atom stereocenters. The Morgan fingerprint density at radius 3 is 2.40 bits per heavy atom. The molecule has 2 amide bonds. The number of urea groups is 1. The summed E-state index contributed by atoms with van der Waals surface area (Å²) in [6.07, 6.45) is 4.73. The van der Waals surface area contributed by atoms with Gasteiger partial charge in [-0.05, 0) is 92.2 Å². The SMILES string of the molecule is O=C(Nc1ccc(F)cc1)N1Cc2ccccc2C(CCN2CCC(Cc3ccccc3)CC2)C1. The van der Waals surface area contributed by atoms with Crippen molar-refractivity contribution in [2.24, 2.45) is 5.92 Å². The predicted octanol–water partition coefficient (Wildman–Crippen LogP) is 6.30. The highest BCUT2D eigenvalue weighted by Crippen LogP contribution is 2.32. The van der Waals surface area contributed by atoms with Crippen molar-refractivity contribution in [1.29, 1.82) is 0 Å². The molecule has 1 fully saturated rings. The van der Waals surface area contributed by atoms with Crippen LogP contribution in [-0.2, 0) is 13.0 Å². The number of halogens is 1. The van der Waals surface area contributed by atoms with Crippen LogP contribution in [0.4, 0.5) is 14.9 Å². The van der Waals surface area contributed by atoms with Crippen molar-refractivity contribution in [3.63, 3.8) is 0 Å². The monoisotopic (exact) mass is 471 g/mol. The molecular formula is C30H34FN3O. The van der Waals surface area contributed by atoms with Crippen LogP contribution in [0.3, 0.4) is 0 Å². The molecule has 0 bridgehead atoms. The second kappa shape index (κ2) is 11.0. The Kier molecular flexibility index (Phi) is 7.43. The Morgan fingerprint density at radius 2 is 1.63 bits per heavy atom. The average Bonchev–Trinajstić information content (AvgIpc) is 2.90. The van der Waals surface area contributed by atoms with Gasteiger partial charge in [-0.1, -0.05) is 54.6 Å². The van der Waals surface area contributed by atoms with Crippen LogP contribution in [0.1, 0.15) is 41.9 Å². The van der Waals surface area contributed by atoms with E-state index in [0.717, 1.165) is 32.0 Å². The number of carbonyl (C=O) groups excluding carboxylic acids is 1. The molecule has 4 nitrogen and oxygen atoms in total. The van der Waals surface area contributed by atoms with Crippen molar-refractivity contribution in [3.8, 4) is 0 Å². The van der Waals surface area contributed by atoms with Gasteiger partial charge in [0.05, 0.1) is 0 Å².